The zero-order chi connectivity index (χ0) is 16.7. The van der Waals surface area contributed by atoms with Gasteiger partial charge in [0.25, 0.3) is 0 Å². The van der Waals surface area contributed by atoms with Crippen LogP contribution in [0, 0.1) is 0 Å². The zero-order valence-corrected chi connectivity index (χ0v) is 15.8. The predicted molar refractivity (Wildman–Crippen MR) is 97.8 cm³/mol. The molecule has 1 amide bonds. The summed E-state index contributed by atoms with van der Waals surface area (Å²) in [5.74, 6) is 0.871. The minimum atomic E-state index is -0.312. The number of rotatable bonds is 2. The number of hydrogen-bond acceptors (Lipinski definition) is 5. The number of ether oxygens (including phenoxy) is 2. The first-order valence-corrected chi connectivity index (χ1v) is 9.67. The molecule has 1 aromatic carbocycles. The third kappa shape index (κ3) is 2.93. The Labute approximate surface area is 154 Å². The second-order valence-electron chi connectivity index (χ2n) is 6.24. The van der Waals surface area contributed by atoms with Crippen molar-refractivity contribution in [2.45, 2.75) is 31.3 Å². The van der Waals surface area contributed by atoms with Crippen LogP contribution in [0.25, 0.3) is 5.57 Å². The van der Waals surface area contributed by atoms with Gasteiger partial charge in [-0.25, -0.2) is 9.10 Å². The van der Waals surface area contributed by atoms with Crippen molar-refractivity contribution in [2.24, 2.45) is 0 Å². The van der Waals surface area contributed by atoms with Crippen LogP contribution in [-0.4, -0.2) is 42.7 Å². The molecule has 1 N–H and O–H groups in total. The molecule has 0 spiro atoms. The topological polar surface area (TPSA) is 50.8 Å². The number of fused-ring (bicyclic) bond motifs is 2. The van der Waals surface area contributed by atoms with E-state index in [1.807, 2.05) is 12.1 Å². The summed E-state index contributed by atoms with van der Waals surface area (Å²) < 4.78 is 13.7. The molecular formula is C17H19BrN2O3S. The molecule has 5 nitrogen and oxygen atoms in total. The van der Waals surface area contributed by atoms with Crippen molar-refractivity contribution in [2.75, 3.05) is 20.3 Å². The van der Waals surface area contributed by atoms with Gasteiger partial charge in [0.1, 0.15) is 12.4 Å². The SMILES string of the molecule is COC(=O)N1CC2=C(S1)C(NC1CCC1)COc1ccc(Br)cc12. The van der Waals surface area contributed by atoms with Gasteiger partial charge in [-0.2, -0.15) is 0 Å². The summed E-state index contributed by atoms with van der Waals surface area (Å²) in [5, 5.41) is 3.70. The van der Waals surface area contributed by atoms with E-state index >= 15 is 0 Å². The van der Waals surface area contributed by atoms with Crippen LogP contribution in [0.2, 0.25) is 0 Å². The van der Waals surface area contributed by atoms with Gasteiger partial charge in [-0.15, -0.1) is 0 Å². The lowest BCUT2D eigenvalue weighted by atomic mass is 9.92. The lowest BCUT2D eigenvalue weighted by molar-refractivity contribution is 0.155. The number of halogens is 1. The van der Waals surface area contributed by atoms with Gasteiger partial charge in [-0.1, -0.05) is 22.4 Å². The molecule has 1 fully saturated rings. The second-order valence-corrected chi connectivity index (χ2v) is 8.22. The molecule has 4 rings (SSSR count). The summed E-state index contributed by atoms with van der Waals surface area (Å²) in [5.41, 5.74) is 2.20. The molecule has 0 radical (unpaired) electrons. The van der Waals surface area contributed by atoms with Crippen LogP contribution < -0.4 is 10.1 Å². The smallest absolute Gasteiger partial charge is 0.420 e. The van der Waals surface area contributed by atoms with E-state index in [0.717, 1.165) is 21.4 Å². The van der Waals surface area contributed by atoms with Crippen molar-refractivity contribution in [1.82, 2.24) is 9.62 Å². The third-order valence-electron chi connectivity index (χ3n) is 4.72. The van der Waals surface area contributed by atoms with E-state index in [1.54, 1.807) is 4.31 Å². The Hall–Kier alpha value is -1.18. The van der Waals surface area contributed by atoms with Crippen LogP contribution in [-0.2, 0) is 4.74 Å². The van der Waals surface area contributed by atoms with Crippen molar-refractivity contribution >= 4 is 39.5 Å². The van der Waals surface area contributed by atoms with Crippen LogP contribution in [0.15, 0.2) is 27.6 Å². The molecule has 3 aliphatic rings. The second kappa shape index (κ2) is 6.61. The van der Waals surface area contributed by atoms with E-state index < -0.39 is 0 Å². The number of amides is 1. The Morgan fingerprint density at radius 1 is 1.46 bits per heavy atom. The maximum atomic E-state index is 12.0. The number of methoxy groups -OCH3 is 1. The Kier molecular flexibility index (Phi) is 4.49. The summed E-state index contributed by atoms with van der Waals surface area (Å²) in [6, 6.07) is 6.70. The van der Waals surface area contributed by atoms with Crippen LogP contribution in [0.4, 0.5) is 4.79 Å². The van der Waals surface area contributed by atoms with Crippen molar-refractivity contribution < 1.29 is 14.3 Å². The Balaban J connectivity index is 1.69. The molecule has 0 saturated heterocycles. The molecule has 1 unspecified atom stereocenters. The minimum Gasteiger partial charge on any atom is -0.491 e. The molecule has 0 aromatic heterocycles. The number of carbonyl (C=O) groups excluding carboxylic acids is 1. The largest absolute Gasteiger partial charge is 0.491 e. The summed E-state index contributed by atoms with van der Waals surface area (Å²) in [4.78, 5) is 13.2. The van der Waals surface area contributed by atoms with Gasteiger partial charge in [-0.05, 0) is 48.6 Å². The highest BCUT2D eigenvalue weighted by Crippen LogP contribution is 2.45. The normalized spacial score (nSPS) is 23.1. The molecule has 0 bridgehead atoms. The third-order valence-corrected chi connectivity index (χ3v) is 6.44. The highest BCUT2D eigenvalue weighted by molar-refractivity contribution is 9.10. The quantitative estimate of drug-likeness (QED) is 0.751. The van der Waals surface area contributed by atoms with Gasteiger partial charge in [0, 0.05) is 21.0 Å². The monoisotopic (exact) mass is 410 g/mol. The van der Waals surface area contributed by atoms with E-state index in [4.69, 9.17) is 9.47 Å². The first-order valence-electron chi connectivity index (χ1n) is 8.11. The van der Waals surface area contributed by atoms with E-state index in [2.05, 4.69) is 27.3 Å². The molecule has 7 heteroatoms. The number of carbonyl (C=O) groups is 1. The molecule has 2 aliphatic heterocycles. The summed E-state index contributed by atoms with van der Waals surface area (Å²) >= 11 is 5.02. The molecular weight excluding hydrogens is 392 g/mol. The van der Waals surface area contributed by atoms with Crippen LogP contribution in [0.3, 0.4) is 0 Å². The number of benzene rings is 1. The Morgan fingerprint density at radius 3 is 3.00 bits per heavy atom. The fraction of sp³-hybridized carbons (Fsp3) is 0.471. The maximum Gasteiger partial charge on any atom is 0.420 e. The molecule has 24 heavy (non-hydrogen) atoms. The standard InChI is InChI=1S/C17H19BrN2O3S/c1-22-17(21)20-8-13-12-7-10(18)5-6-15(12)23-9-14(16(13)24-20)19-11-3-2-4-11/h5-7,11,14,19H,2-4,8-9H2,1H3. The molecule has 1 saturated carbocycles. The van der Waals surface area contributed by atoms with E-state index in [-0.39, 0.29) is 12.1 Å². The zero-order valence-electron chi connectivity index (χ0n) is 13.4. The lowest BCUT2D eigenvalue weighted by Crippen LogP contribution is -2.45. The maximum absolute atomic E-state index is 12.0. The fourth-order valence-corrected chi connectivity index (χ4v) is 4.71. The van der Waals surface area contributed by atoms with Gasteiger partial charge >= 0.3 is 6.09 Å². The van der Waals surface area contributed by atoms with Crippen molar-refractivity contribution in [1.29, 1.82) is 0 Å². The lowest BCUT2D eigenvalue weighted by Gasteiger charge is -2.31. The first-order chi connectivity index (χ1) is 11.7. The number of nitrogens with one attached hydrogen (secondary N) is 1. The van der Waals surface area contributed by atoms with Gasteiger partial charge in [-0.3, -0.25) is 0 Å². The highest BCUT2D eigenvalue weighted by Gasteiger charge is 2.37. The van der Waals surface area contributed by atoms with Crippen LogP contribution in [0.1, 0.15) is 24.8 Å². The van der Waals surface area contributed by atoms with E-state index in [9.17, 15) is 4.79 Å². The van der Waals surface area contributed by atoms with Gasteiger partial charge < -0.3 is 14.8 Å². The first kappa shape index (κ1) is 16.3. The number of hydrogen-bond donors (Lipinski definition) is 1. The van der Waals surface area contributed by atoms with Crippen LogP contribution >= 0.6 is 27.9 Å². The highest BCUT2D eigenvalue weighted by atomic mass is 79.9. The summed E-state index contributed by atoms with van der Waals surface area (Å²) in [6.45, 7) is 1.11. The van der Waals surface area contributed by atoms with Gasteiger partial charge in [0.2, 0.25) is 0 Å². The van der Waals surface area contributed by atoms with Crippen molar-refractivity contribution in [3.63, 3.8) is 0 Å². The molecule has 1 aromatic rings. The average Bonchev–Trinajstić information content (AvgIpc) is 2.93. The van der Waals surface area contributed by atoms with E-state index in [1.165, 1.54) is 43.2 Å². The summed E-state index contributed by atoms with van der Waals surface area (Å²) in [7, 11) is 1.42. The van der Waals surface area contributed by atoms with E-state index in [0.29, 0.717) is 19.2 Å². The number of nitrogens with zero attached hydrogens (tertiary/aromatic N) is 1. The van der Waals surface area contributed by atoms with Crippen LogP contribution in [0.5, 0.6) is 5.75 Å². The average molecular weight is 411 g/mol. The Morgan fingerprint density at radius 2 is 2.29 bits per heavy atom. The van der Waals surface area contributed by atoms with Gasteiger partial charge in [0.15, 0.2) is 0 Å². The molecule has 1 atom stereocenters. The Bertz CT molecular complexity index is 705. The van der Waals surface area contributed by atoms with Crippen molar-refractivity contribution in [3.8, 4) is 5.75 Å². The fourth-order valence-electron chi connectivity index (χ4n) is 3.22. The predicted octanol–water partition coefficient (Wildman–Crippen LogP) is 3.79. The molecule has 1 aliphatic carbocycles. The van der Waals surface area contributed by atoms with Crippen molar-refractivity contribution in [3.05, 3.63) is 33.1 Å². The van der Waals surface area contributed by atoms with Gasteiger partial charge in [0.05, 0.1) is 19.7 Å². The minimum absolute atomic E-state index is 0.108. The summed E-state index contributed by atoms with van der Waals surface area (Å²) in [6.07, 6.45) is 3.39. The molecule has 128 valence electrons. The molecule has 2 heterocycles.